The average Bonchev–Trinajstić information content (AvgIpc) is 2.97. The van der Waals surface area contributed by atoms with Crippen molar-refractivity contribution in [2.45, 2.75) is 52.4 Å². The molecule has 2 aromatic rings. The molecule has 1 heterocycles. The van der Waals surface area contributed by atoms with Crippen LogP contribution >= 0.6 is 11.3 Å². The fraction of sp³-hybridized carbons (Fsp3) is 0.368. The maximum atomic E-state index is 12.7. The number of nitrogens with one attached hydrogen (secondary N) is 1. The molecular formula is C19H23NO4S2. The highest BCUT2D eigenvalue weighted by molar-refractivity contribution is 7.90. The molecule has 0 saturated carbocycles. The third kappa shape index (κ3) is 4.40. The molecule has 2 rings (SSSR count). The SMILES string of the molecule is Cc1ccc(C(=O)CCC(=O)NS(=O)(=O)c2c(C)c(C)cc(C)c2C)s1. The topological polar surface area (TPSA) is 80.3 Å². The molecule has 0 fully saturated rings. The van der Waals surface area contributed by atoms with Crippen LogP contribution in [0.4, 0.5) is 0 Å². The third-order valence-corrected chi connectivity index (χ3v) is 7.10. The first-order valence-electron chi connectivity index (χ1n) is 8.25. The maximum Gasteiger partial charge on any atom is 0.264 e. The number of hydrogen-bond acceptors (Lipinski definition) is 5. The van der Waals surface area contributed by atoms with Gasteiger partial charge in [0.2, 0.25) is 5.91 Å². The molecule has 0 aliphatic heterocycles. The quantitative estimate of drug-likeness (QED) is 0.758. The van der Waals surface area contributed by atoms with Gasteiger partial charge in [0.05, 0.1) is 9.77 Å². The summed E-state index contributed by atoms with van der Waals surface area (Å²) in [6.45, 7) is 9.02. The van der Waals surface area contributed by atoms with Gasteiger partial charge in [-0.1, -0.05) is 6.07 Å². The van der Waals surface area contributed by atoms with E-state index >= 15 is 0 Å². The molecule has 140 valence electrons. The van der Waals surface area contributed by atoms with Crippen LogP contribution in [0.5, 0.6) is 0 Å². The summed E-state index contributed by atoms with van der Waals surface area (Å²) < 4.78 is 27.5. The number of rotatable bonds is 6. The van der Waals surface area contributed by atoms with Gasteiger partial charge in [-0.05, 0) is 69.0 Å². The zero-order valence-electron chi connectivity index (χ0n) is 15.6. The highest BCUT2D eigenvalue weighted by atomic mass is 32.2. The predicted octanol–water partition coefficient (Wildman–Crippen LogP) is 3.76. The molecule has 0 atom stereocenters. The van der Waals surface area contributed by atoms with Gasteiger partial charge in [0.1, 0.15) is 0 Å². The summed E-state index contributed by atoms with van der Waals surface area (Å²) in [6.07, 6.45) is -0.190. The number of aryl methyl sites for hydroxylation is 3. The number of hydrogen-bond donors (Lipinski definition) is 1. The van der Waals surface area contributed by atoms with Crippen LogP contribution in [0.3, 0.4) is 0 Å². The summed E-state index contributed by atoms with van der Waals surface area (Å²) in [5.41, 5.74) is 2.95. The Bertz CT molecular complexity index is 945. The van der Waals surface area contributed by atoms with E-state index in [-0.39, 0.29) is 23.5 Å². The molecule has 5 nitrogen and oxygen atoms in total. The largest absolute Gasteiger partial charge is 0.293 e. The van der Waals surface area contributed by atoms with E-state index in [9.17, 15) is 18.0 Å². The smallest absolute Gasteiger partial charge is 0.264 e. The van der Waals surface area contributed by atoms with Crippen molar-refractivity contribution in [2.75, 3.05) is 0 Å². The number of amides is 1. The molecule has 0 unspecified atom stereocenters. The van der Waals surface area contributed by atoms with Crippen LogP contribution in [-0.2, 0) is 14.8 Å². The lowest BCUT2D eigenvalue weighted by atomic mass is 10.0. The molecule has 1 aromatic carbocycles. The van der Waals surface area contributed by atoms with Crippen LogP contribution < -0.4 is 4.72 Å². The summed E-state index contributed by atoms with van der Waals surface area (Å²) in [6, 6.07) is 5.49. The number of benzene rings is 1. The Morgan fingerprint density at radius 1 is 0.962 bits per heavy atom. The summed E-state index contributed by atoms with van der Waals surface area (Å²) in [7, 11) is -3.98. The van der Waals surface area contributed by atoms with Crippen molar-refractivity contribution >= 4 is 33.1 Å². The van der Waals surface area contributed by atoms with E-state index in [1.54, 1.807) is 19.9 Å². The van der Waals surface area contributed by atoms with Gasteiger partial charge in [0.25, 0.3) is 10.0 Å². The van der Waals surface area contributed by atoms with Crippen LogP contribution in [0.2, 0.25) is 0 Å². The summed E-state index contributed by atoms with van der Waals surface area (Å²) in [5, 5.41) is 0. The third-order valence-electron chi connectivity index (χ3n) is 4.41. The monoisotopic (exact) mass is 393 g/mol. The highest BCUT2D eigenvalue weighted by Gasteiger charge is 2.24. The van der Waals surface area contributed by atoms with Crippen LogP contribution in [0.25, 0.3) is 0 Å². The van der Waals surface area contributed by atoms with Gasteiger partial charge in [0, 0.05) is 17.7 Å². The first-order valence-corrected chi connectivity index (χ1v) is 10.6. The zero-order chi connectivity index (χ0) is 19.6. The van der Waals surface area contributed by atoms with Gasteiger partial charge in [0.15, 0.2) is 5.78 Å². The maximum absolute atomic E-state index is 12.7. The first kappa shape index (κ1) is 20.3. The van der Waals surface area contributed by atoms with Gasteiger partial charge in [-0.3, -0.25) is 9.59 Å². The van der Waals surface area contributed by atoms with Crippen LogP contribution in [0.1, 0.15) is 49.6 Å². The lowest BCUT2D eigenvalue weighted by Crippen LogP contribution is -2.32. The van der Waals surface area contributed by atoms with Crippen molar-refractivity contribution in [3.05, 3.63) is 50.2 Å². The second kappa shape index (κ2) is 7.72. The molecule has 0 aliphatic carbocycles. The van der Waals surface area contributed by atoms with Gasteiger partial charge in [-0.25, -0.2) is 13.1 Å². The van der Waals surface area contributed by atoms with E-state index in [0.717, 1.165) is 16.0 Å². The predicted molar refractivity (Wildman–Crippen MR) is 103 cm³/mol. The summed E-state index contributed by atoms with van der Waals surface area (Å²) in [4.78, 5) is 25.9. The molecule has 1 amide bonds. The first-order chi connectivity index (χ1) is 12.0. The number of carbonyl (C=O) groups excluding carboxylic acids is 2. The molecule has 0 bridgehead atoms. The second-order valence-electron chi connectivity index (χ2n) is 6.45. The number of sulfonamides is 1. The van der Waals surface area contributed by atoms with E-state index in [4.69, 9.17) is 0 Å². The molecule has 0 spiro atoms. The summed E-state index contributed by atoms with van der Waals surface area (Å²) >= 11 is 1.37. The number of ketones is 1. The Morgan fingerprint density at radius 2 is 1.54 bits per heavy atom. The van der Waals surface area contributed by atoms with Crippen LogP contribution in [0.15, 0.2) is 23.1 Å². The zero-order valence-corrected chi connectivity index (χ0v) is 17.2. The Kier molecular flexibility index (Phi) is 6.03. The minimum Gasteiger partial charge on any atom is -0.293 e. The Hall–Kier alpha value is -1.99. The molecule has 1 N–H and O–H groups in total. The molecule has 1 aromatic heterocycles. The number of thiophene rings is 1. The van der Waals surface area contributed by atoms with Crippen LogP contribution in [0, 0.1) is 34.6 Å². The number of carbonyl (C=O) groups is 2. The Balaban J connectivity index is 2.12. The van der Waals surface area contributed by atoms with E-state index < -0.39 is 15.9 Å². The normalized spacial score (nSPS) is 11.4. The molecule has 0 saturated heterocycles. The molecular weight excluding hydrogens is 370 g/mol. The van der Waals surface area contributed by atoms with Gasteiger partial charge in [-0.15, -0.1) is 11.3 Å². The van der Waals surface area contributed by atoms with E-state index in [2.05, 4.69) is 4.72 Å². The molecule has 7 heteroatoms. The number of Topliss-reactive ketones (excluding diaryl/α,β-unsaturated/α-hetero) is 1. The van der Waals surface area contributed by atoms with Crippen molar-refractivity contribution in [1.82, 2.24) is 4.72 Å². The van der Waals surface area contributed by atoms with Gasteiger partial charge >= 0.3 is 0 Å². The second-order valence-corrected chi connectivity index (χ2v) is 9.36. The standard InChI is InChI=1S/C19H23NO4S2/c1-11-10-12(2)15(5)19(14(11)4)26(23,24)20-18(22)9-7-16(21)17-8-6-13(3)25-17/h6,8,10H,7,9H2,1-5H3,(H,20,22). The van der Waals surface area contributed by atoms with Crippen molar-refractivity contribution in [1.29, 1.82) is 0 Å². The van der Waals surface area contributed by atoms with Crippen molar-refractivity contribution < 1.29 is 18.0 Å². The van der Waals surface area contributed by atoms with Crippen molar-refractivity contribution in [3.63, 3.8) is 0 Å². The highest BCUT2D eigenvalue weighted by Crippen LogP contribution is 2.26. The van der Waals surface area contributed by atoms with Crippen molar-refractivity contribution in [2.24, 2.45) is 0 Å². The fourth-order valence-electron chi connectivity index (χ4n) is 2.77. The Labute approximate surface area is 158 Å². The van der Waals surface area contributed by atoms with Gasteiger partial charge < -0.3 is 0 Å². The van der Waals surface area contributed by atoms with E-state index in [0.29, 0.717) is 16.0 Å². The minimum absolute atomic E-state index is 0.0217. The fourth-order valence-corrected chi connectivity index (χ4v) is 5.24. The molecule has 0 radical (unpaired) electrons. The average molecular weight is 394 g/mol. The van der Waals surface area contributed by atoms with Crippen LogP contribution in [-0.4, -0.2) is 20.1 Å². The lowest BCUT2D eigenvalue weighted by molar-refractivity contribution is -0.119. The van der Waals surface area contributed by atoms with Crippen molar-refractivity contribution in [3.8, 4) is 0 Å². The lowest BCUT2D eigenvalue weighted by Gasteiger charge is -2.16. The van der Waals surface area contributed by atoms with Gasteiger partial charge in [-0.2, -0.15) is 0 Å². The van der Waals surface area contributed by atoms with E-state index in [1.807, 2.05) is 32.9 Å². The Morgan fingerprint density at radius 3 is 2.04 bits per heavy atom. The summed E-state index contributed by atoms with van der Waals surface area (Å²) in [5.74, 6) is -0.834. The molecule has 26 heavy (non-hydrogen) atoms. The van der Waals surface area contributed by atoms with E-state index in [1.165, 1.54) is 11.3 Å². The molecule has 0 aliphatic rings. The minimum atomic E-state index is -3.98.